The van der Waals surface area contributed by atoms with E-state index >= 15 is 0 Å². The number of benzene rings is 1. The van der Waals surface area contributed by atoms with Crippen molar-refractivity contribution in [3.8, 4) is 5.69 Å². The van der Waals surface area contributed by atoms with Crippen LogP contribution in [0.4, 0.5) is 13.2 Å². The maximum Gasteiger partial charge on any atom is 0.435 e. The number of carbonyl (C=O) groups excluding carboxylic acids is 1. The lowest BCUT2D eigenvalue weighted by Gasteiger charge is -2.12. The Morgan fingerprint density at radius 3 is 2.60 bits per heavy atom. The van der Waals surface area contributed by atoms with Crippen LogP contribution in [0, 0.1) is 0 Å². The van der Waals surface area contributed by atoms with Crippen LogP contribution in [0.5, 0.6) is 0 Å². The standard InChI is InChI=1S/C17H18F3N3O2/c1-3-10-25-12(2)16(24)21-11-13-4-6-14(7-5-13)23-9-8-15(22-23)17(18,19)20/h3-9,12H,1,10-11H2,2H3,(H,21,24). The summed E-state index contributed by atoms with van der Waals surface area (Å²) in [6.07, 6.45) is -2.26. The highest BCUT2D eigenvalue weighted by Crippen LogP contribution is 2.27. The summed E-state index contributed by atoms with van der Waals surface area (Å²) in [5, 5.41) is 6.23. The van der Waals surface area contributed by atoms with Gasteiger partial charge >= 0.3 is 6.18 Å². The number of rotatable bonds is 7. The molecule has 1 unspecified atom stereocenters. The monoisotopic (exact) mass is 353 g/mol. The third kappa shape index (κ3) is 5.18. The molecular weight excluding hydrogens is 335 g/mol. The number of nitrogens with zero attached hydrogens (tertiary/aromatic N) is 2. The Kier molecular flexibility index (Phi) is 5.97. The van der Waals surface area contributed by atoms with Crippen LogP contribution in [-0.2, 0) is 22.3 Å². The Balaban J connectivity index is 1.95. The molecule has 1 amide bonds. The van der Waals surface area contributed by atoms with Gasteiger partial charge < -0.3 is 10.1 Å². The Labute approximate surface area is 143 Å². The van der Waals surface area contributed by atoms with Gasteiger partial charge in [-0.1, -0.05) is 18.2 Å². The van der Waals surface area contributed by atoms with E-state index < -0.39 is 18.0 Å². The van der Waals surface area contributed by atoms with Crippen LogP contribution in [-0.4, -0.2) is 28.4 Å². The van der Waals surface area contributed by atoms with E-state index in [4.69, 9.17) is 4.74 Å². The molecule has 1 atom stereocenters. The summed E-state index contributed by atoms with van der Waals surface area (Å²) in [6.45, 7) is 5.71. The van der Waals surface area contributed by atoms with Gasteiger partial charge in [-0.25, -0.2) is 4.68 Å². The second kappa shape index (κ2) is 7.98. The normalized spacial score (nSPS) is 12.6. The van der Waals surface area contributed by atoms with E-state index in [-0.39, 0.29) is 19.1 Å². The van der Waals surface area contributed by atoms with Gasteiger partial charge in [0.15, 0.2) is 5.69 Å². The molecule has 0 bridgehead atoms. The average molecular weight is 353 g/mol. The zero-order chi connectivity index (χ0) is 18.4. The smallest absolute Gasteiger partial charge is 0.365 e. The van der Waals surface area contributed by atoms with Crippen molar-refractivity contribution in [2.45, 2.75) is 25.7 Å². The number of amides is 1. The van der Waals surface area contributed by atoms with Gasteiger partial charge in [-0.2, -0.15) is 18.3 Å². The Morgan fingerprint density at radius 1 is 1.36 bits per heavy atom. The molecule has 1 N–H and O–H groups in total. The molecule has 1 aromatic heterocycles. The summed E-state index contributed by atoms with van der Waals surface area (Å²) >= 11 is 0. The molecule has 2 aromatic rings. The minimum absolute atomic E-state index is 0.257. The average Bonchev–Trinajstić information content (AvgIpc) is 3.08. The highest BCUT2D eigenvalue weighted by atomic mass is 19.4. The van der Waals surface area contributed by atoms with Gasteiger partial charge in [-0.3, -0.25) is 4.79 Å². The number of hydrogen-bond acceptors (Lipinski definition) is 3. The van der Waals surface area contributed by atoms with Crippen molar-refractivity contribution in [1.82, 2.24) is 15.1 Å². The van der Waals surface area contributed by atoms with E-state index in [1.165, 1.54) is 6.20 Å². The molecule has 0 aliphatic rings. The summed E-state index contributed by atoms with van der Waals surface area (Å²) in [5.41, 5.74) is 0.349. The van der Waals surface area contributed by atoms with Gasteiger partial charge in [0.25, 0.3) is 0 Å². The van der Waals surface area contributed by atoms with Crippen molar-refractivity contribution in [3.63, 3.8) is 0 Å². The molecule has 1 aromatic carbocycles. The van der Waals surface area contributed by atoms with E-state index in [1.54, 1.807) is 37.3 Å². The largest absolute Gasteiger partial charge is 0.435 e. The van der Waals surface area contributed by atoms with Crippen LogP contribution < -0.4 is 5.32 Å². The van der Waals surface area contributed by atoms with Gasteiger partial charge in [0.05, 0.1) is 12.3 Å². The Hall–Kier alpha value is -2.61. The predicted octanol–water partition coefficient (Wildman–Crippen LogP) is 3.10. The van der Waals surface area contributed by atoms with E-state index in [1.807, 2.05) is 0 Å². The molecule has 8 heteroatoms. The molecule has 0 aliphatic carbocycles. The lowest BCUT2D eigenvalue weighted by Crippen LogP contribution is -2.34. The molecule has 0 aliphatic heterocycles. The molecule has 0 saturated heterocycles. The van der Waals surface area contributed by atoms with E-state index in [0.29, 0.717) is 5.69 Å². The third-order valence-corrected chi connectivity index (χ3v) is 3.38. The zero-order valence-corrected chi connectivity index (χ0v) is 13.6. The van der Waals surface area contributed by atoms with Crippen molar-refractivity contribution in [2.24, 2.45) is 0 Å². The summed E-state index contributed by atoms with van der Waals surface area (Å²) < 4.78 is 44.1. The summed E-state index contributed by atoms with van der Waals surface area (Å²) in [4.78, 5) is 11.8. The number of halogens is 3. The Morgan fingerprint density at radius 2 is 2.04 bits per heavy atom. The fourth-order valence-corrected chi connectivity index (χ4v) is 2.01. The number of ether oxygens (including phenoxy) is 1. The first kappa shape index (κ1) is 18.7. The van der Waals surface area contributed by atoms with Gasteiger partial charge in [-0.05, 0) is 30.7 Å². The number of nitrogens with one attached hydrogen (secondary N) is 1. The number of hydrogen-bond donors (Lipinski definition) is 1. The topological polar surface area (TPSA) is 56.1 Å². The number of aromatic nitrogens is 2. The van der Waals surface area contributed by atoms with Crippen LogP contribution in [0.2, 0.25) is 0 Å². The quantitative estimate of drug-likeness (QED) is 0.778. The van der Waals surface area contributed by atoms with E-state index in [2.05, 4.69) is 17.0 Å². The van der Waals surface area contributed by atoms with Crippen LogP contribution in [0.3, 0.4) is 0 Å². The fourth-order valence-electron chi connectivity index (χ4n) is 2.01. The van der Waals surface area contributed by atoms with Crippen LogP contribution in [0.1, 0.15) is 18.2 Å². The number of carbonyl (C=O) groups is 1. The van der Waals surface area contributed by atoms with Crippen molar-refractivity contribution in [1.29, 1.82) is 0 Å². The minimum atomic E-state index is -4.47. The molecule has 0 saturated carbocycles. The molecule has 25 heavy (non-hydrogen) atoms. The van der Waals surface area contributed by atoms with Gasteiger partial charge in [0.1, 0.15) is 6.10 Å². The summed E-state index contributed by atoms with van der Waals surface area (Å²) in [6, 6.07) is 7.59. The minimum Gasteiger partial charge on any atom is -0.365 e. The summed E-state index contributed by atoms with van der Waals surface area (Å²) in [5.74, 6) is -0.257. The molecule has 0 spiro atoms. The second-order valence-electron chi connectivity index (χ2n) is 5.29. The van der Waals surface area contributed by atoms with Crippen molar-refractivity contribution in [2.75, 3.05) is 6.61 Å². The molecule has 0 radical (unpaired) electrons. The first-order chi connectivity index (χ1) is 11.8. The van der Waals surface area contributed by atoms with Crippen LogP contribution in [0.25, 0.3) is 5.69 Å². The van der Waals surface area contributed by atoms with Gasteiger partial charge in [0.2, 0.25) is 5.91 Å². The molecule has 0 fully saturated rings. The molecule has 5 nitrogen and oxygen atoms in total. The summed E-state index contributed by atoms with van der Waals surface area (Å²) in [7, 11) is 0. The van der Waals surface area contributed by atoms with E-state index in [9.17, 15) is 18.0 Å². The molecule has 134 valence electrons. The second-order valence-corrected chi connectivity index (χ2v) is 5.29. The highest BCUT2D eigenvalue weighted by molar-refractivity contribution is 5.80. The SMILES string of the molecule is C=CCOC(C)C(=O)NCc1ccc(-n2ccc(C(F)(F)F)n2)cc1. The highest BCUT2D eigenvalue weighted by Gasteiger charge is 2.33. The fraction of sp³-hybridized carbons (Fsp3) is 0.294. The first-order valence-electron chi connectivity index (χ1n) is 7.53. The van der Waals surface area contributed by atoms with Crippen LogP contribution >= 0.6 is 0 Å². The maximum absolute atomic E-state index is 12.6. The van der Waals surface area contributed by atoms with Gasteiger partial charge in [-0.15, -0.1) is 6.58 Å². The van der Waals surface area contributed by atoms with Crippen LogP contribution in [0.15, 0.2) is 49.2 Å². The zero-order valence-electron chi connectivity index (χ0n) is 13.6. The lowest BCUT2D eigenvalue weighted by atomic mass is 10.2. The van der Waals surface area contributed by atoms with Gasteiger partial charge in [0, 0.05) is 12.7 Å². The van der Waals surface area contributed by atoms with E-state index in [0.717, 1.165) is 16.3 Å². The van der Waals surface area contributed by atoms with Crippen molar-refractivity contribution in [3.05, 3.63) is 60.4 Å². The Bertz CT molecular complexity index is 723. The number of alkyl halides is 3. The van der Waals surface area contributed by atoms with Crippen molar-refractivity contribution >= 4 is 5.91 Å². The molecule has 1 heterocycles. The van der Waals surface area contributed by atoms with Crippen molar-refractivity contribution < 1.29 is 22.7 Å². The molecule has 2 rings (SSSR count). The first-order valence-corrected chi connectivity index (χ1v) is 7.53. The molecular formula is C17H18F3N3O2. The predicted molar refractivity (Wildman–Crippen MR) is 86.0 cm³/mol. The third-order valence-electron chi connectivity index (χ3n) is 3.38. The lowest BCUT2D eigenvalue weighted by molar-refractivity contribution is -0.141. The maximum atomic E-state index is 12.6.